The molecular formula is C24H38N4O2. The molecule has 166 valence electrons. The average Bonchev–Trinajstić information content (AvgIpc) is 3.20. The third-order valence-electron chi connectivity index (χ3n) is 9.00. The highest BCUT2D eigenvalue weighted by atomic mass is 16.5. The minimum absolute atomic E-state index is 0.212. The van der Waals surface area contributed by atoms with Gasteiger partial charge in [-0.25, -0.2) is 0 Å². The van der Waals surface area contributed by atoms with Crippen LogP contribution in [0.5, 0.6) is 0 Å². The fourth-order valence-electron chi connectivity index (χ4n) is 7.98. The zero-order valence-corrected chi connectivity index (χ0v) is 19.2. The number of hydrogen-bond acceptors (Lipinski definition) is 4. The molecule has 4 bridgehead atoms. The number of nitrogens with one attached hydrogen (secondary N) is 1. The molecule has 1 aliphatic heterocycles. The average molecular weight is 415 g/mol. The number of morpholine rings is 1. The van der Waals surface area contributed by atoms with Gasteiger partial charge >= 0.3 is 0 Å². The summed E-state index contributed by atoms with van der Waals surface area (Å²) in [5.41, 5.74) is 4.51. The van der Waals surface area contributed by atoms with Crippen molar-refractivity contribution in [2.45, 2.75) is 70.8 Å². The molecule has 6 nitrogen and oxygen atoms in total. The van der Waals surface area contributed by atoms with E-state index in [1.54, 1.807) is 0 Å². The van der Waals surface area contributed by atoms with Crippen LogP contribution in [0, 0.1) is 31.1 Å². The highest BCUT2D eigenvalue weighted by molar-refractivity contribution is 5.77. The van der Waals surface area contributed by atoms with E-state index in [0.717, 1.165) is 38.8 Å². The number of hydrogen-bond donors (Lipinski definition) is 1. The molecule has 1 N–H and O–H groups in total. The second-order valence-electron chi connectivity index (χ2n) is 10.9. The number of ether oxygens (including phenoxy) is 1. The minimum atomic E-state index is 0.212. The Morgan fingerprint density at radius 2 is 2.03 bits per heavy atom. The van der Waals surface area contributed by atoms with Gasteiger partial charge in [0.2, 0.25) is 5.91 Å². The summed E-state index contributed by atoms with van der Waals surface area (Å²) in [6.07, 6.45) is 7.04. The second kappa shape index (κ2) is 7.33. The van der Waals surface area contributed by atoms with Gasteiger partial charge in [0, 0.05) is 55.8 Å². The van der Waals surface area contributed by atoms with Crippen molar-refractivity contribution in [3.8, 4) is 0 Å². The lowest BCUT2D eigenvalue weighted by Crippen LogP contribution is -2.47. The molecule has 5 aliphatic rings. The van der Waals surface area contributed by atoms with Gasteiger partial charge in [-0.1, -0.05) is 0 Å². The molecule has 0 spiro atoms. The fourth-order valence-corrected chi connectivity index (χ4v) is 7.98. The molecule has 5 fully saturated rings. The van der Waals surface area contributed by atoms with Gasteiger partial charge < -0.3 is 10.1 Å². The van der Waals surface area contributed by atoms with Crippen molar-refractivity contribution in [3.05, 3.63) is 17.0 Å². The van der Waals surface area contributed by atoms with Gasteiger partial charge in [-0.2, -0.15) is 5.10 Å². The van der Waals surface area contributed by atoms with Gasteiger partial charge in [0.15, 0.2) is 0 Å². The Labute approximate surface area is 180 Å². The first-order valence-electron chi connectivity index (χ1n) is 11.9. The van der Waals surface area contributed by atoms with Crippen molar-refractivity contribution < 1.29 is 9.53 Å². The topological polar surface area (TPSA) is 59.4 Å². The molecular weight excluding hydrogens is 376 g/mol. The van der Waals surface area contributed by atoms with Gasteiger partial charge in [0.1, 0.15) is 0 Å². The first-order valence-corrected chi connectivity index (χ1v) is 11.9. The zero-order chi connectivity index (χ0) is 21.1. The van der Waals surface area contributed by atoms with Crippen LogP contribution >= 0.6 is 0 Å². The van der Waals surface area contributed by atoms with Gasteiger partial charge in [0.05, 0.1) is 18.9 Å². The molecule has 4 saturated carbocycles. The number of aryl methyl sites for hydroxylation is 2. The Morgan fingerprint density at radius 3 is 2.73 bits per heavy atom. The van der Waals surface area contributed by atoms with Crippen LogP contribution < -0.4 is 5.32 Å². The molecule has 6 rings (SSSR count). The zero-order valence-electron chi connectivity index (χ0n) is 19.2. The number of nitrogens with zero attached hydrogens (tertiary/aromatic N) is 3. The minimum Gasteiger partial charge on any atom is -0.379 e. The Hall–Kier alpha value is -1.40. The van der Waals surface area contributed by atoms with Gasteiger partial charge in [0.25, 0.3) is 0 Å². The smallest absolute Gasteiger partial charge is 0.220 e. The van der Waals surface area contributed by atoms with E-state index >= 15 is 0 Å². The van der Waals surface area contributed by atoms with Crippen molar-refractivity contribution in [1.82, 2.24) is 20.0 Å². The molecule has 1 saturated heterocycles. The monoisotopic (exact) mass is 414 g/mol. The van der Waals surface area contributed by atoms with Crippen molar-refractivity contribution in [1.29, 1.82) is 0 Å². The Kier molecular flexibility index (Phi) is 5.01. The van der Waals surface area contributed by atoms with E-state index in [9.17, 15) is 4.79 Å². The molecule has 5 unspecified atom stereocenters. The third kappa shape index (κ3) is 3.22. The predicted octanol–water partition coefficient (Wildman–Crippen LogP) is 2.71. The van der Waals surface area contributed by atoms with E-state index in [-0.39, 0.29) is 16.7 Å². The van der Waals surface area contributed by atoms with E-state index < -0.39 is 0 Å². The van der Waals surface area contributed by atoms with Crippen molar-refractivity contribution in [2.24, 2.45) is 24.3 Å². The molecule has 5 atom stereocenters. The quantitative estimate of drug-likeness (QED) is 0.778. The normalized spacial score (nSPS) is 36.4. The summed E-state index contributed by atoms with van der Waals surface area (Å²) < 4.78 is 7.51. The van der Waals surface area contributed by atoms with E-state index in [4.69, 9.17) is 9.84 Å². The number of amides is 1. The van der Waals surface area contributed by atoms with Crippen LogP contribution in [-0.4, -0.2) is 59.5 Å². The summed E-state index contributed by atoms with van der Waals surface area (Å²) in [4.78, 5) is 15.5. The van der Waals surface area contributed by atoms with Crippen LogP contribution in [-0.2, 0) is 22.0 Å². The predicted molar refractivity (Wildman–Crippen MR) is 116 cm³/mol. The molecule has 0 radical (unpaired) electrons. The number of aromatic nitrogens is 2. The Balaban J connectivity index is 1.27. The van der Waals surface area contributed by atoms with E-state index in [0.29, 0.717) is 18.4 Å². The molecule has 4 aliphatic carbocycles. The highest BCUT2D eigenvalue weighted by Gasteiger charge is 2.65. The fraction of sp³-hybridized carbons (Fsp3) is 0.833. The van der Waals surface area contributed by atoms with Crippen LogP contribution in [0.25, 0.3) is 0 Å². The molecule has 2 heterocycles. The summed E-state index contributed by atoms with van der Waals surface area (Å²) in [7, 11) is 2.07. The van der Waals surface area contributed by atoms with Gasteiger partial charge in [-0.15, -0.1) is 0 Å². The van der Waals surface area contributed by atoms with Crippen LogP contribution in [0.3, 0.4) is 0 Å². The molecule has 1 aromatic rings. The molecule has 1 aromatic heterocycles. The summed E-state index contributed by atoms with van der Waals surface area (Å²) in [5.74, 6) is 1.76. The molecule has 6 heteroatoms. The number of rotatable bonds is 6. The lowest BCUT2D eigenvalue weighted by Gasteiger charge is -2.41. The van der Waals surface area contributed by atoms with Crippen molar-refractivity contribution in [2.75, 3.05) is 32.8 Å². The summed E-state index contributed by atoms with van der Waals surface area (Å²) in [5, 5.41) is 8.02. The lowest BCUT2D eigenvalue weighted by atomic mass is 9.62. The maximum absolute atomic E-state index is 13.1. The van der Waals surface area contributed by atoms with E-state index in [2.05, 4.69) is 42.7 Å². The maximum Gasteiger partial charge on any atom is 0.220 e. The molecule has 0 aromatic carbocycles. The van der Waals surface area contributed by atoms with Crippen LogP contribution in [0.15, 0.2) is 0 Å². The summed E-state index contributed by atoms with van der Waals surface area (Å²) in [6.45, 7) is 10.9. The van der Waals surface area contributed by atoms with Crippen LogP contribution in [0.1, 0.15) is 62.4 Å². The third-order valence-corrected chi connectivity index (χ3v) is 9.00. The molecule has 1 amide bonds. The Bertz CT molecular complexity index is 829. The summed E-state index contributed by atoms with van der Waals surface area (Å²) in [6, 6.07) is 0.374. The first-order chi connectivity index (χ1) is 14.3. The largest absolute Gasteiger partial charge is 0.379 e. The maximum atomic E-state index is 13.1. The molecule has 30 heavy (non-hydrogen) atoms. The van der Waals surface area contributed by atoms with E-state index in [1.165, 1.54) is 49.1 Å². The number of carbonyl (C=O) groups is 1. The second-order valence-corrected chi connectivity index (χ2v) is 10.9. The number of carbonyl (C=O) groups excluding carboxylic acids is 1. The first kappa shape index (κ1) is 20.5. The van der Waals surface area contributed by atoms with Crippen molar-refractivity contribution in [3.63, 3.8) is 0 Å². The highest BCUT2D eigenvalue weighted by Crippen LogP contribution is 2.72. The summed E-state index contributed by atoms with van der Waals surface area (Å²) >= 11 is 0. The standard InChI is InChI=1S/C24H38N4O2/c1-16(28-5-7-30-8-6-28)14-25-21(29)13-23-10-19-9-20(23)12-24(11-19,15-23)22-17(2)26-27(4)18(22)3/h16,19-20H,5-15H2,1-4H3,(H,25,29). The van der Waals surface area contributed by atoms with Crippen LogP contribution in [0.4, 0.5) is 0 Å². The van der Waals surface area contributed by atoms with Crippen molar-refractivity contribution >= 4 is 5.91 Å². The SMILES string of the molecule is Cc1nn(C)c(C)c1C12CC3CC(C1)C(CC(=O)NCC(C)N1CCOCC1)(C3)C2. The Morgan fingerprint density at radius 1 is 1.27 bits per heavy atom. The van der Waals surface area contributed by atoms with E-state index in [1.807, 2.05) is 0 Å². The lowest BCUT2D eigenvalue weighted by molar-refractivity contribution is -0.124. The van der Waals surface area contributed by atoms with Gasteiger partial charge in [-0.3, -0.25) is 14.4 Å². The van der Waals surface area contributed by atoms with Gasteiger partial charge in [-0.05, 0) is 70.1 Å². The van der Waals surface area contributed by atoms with Crippen LogP contribution in [0.2, 0.25) is 0 Å².